The maximum atomic E-state index is 2.47. The van der Waals surface area contributed by atoms with E-state index in [1.54, 1.807) is 10.6 Å². The minimum Gasteiger partial charge on any atom is -1.00 e. The third kappa shape index (κ3) is 4.56. The quantitative estimate of drug-likeness (QED) is 0.245. The number of hydrogen-bond acceptors (Lipinski definition) is 0. The van der Waals surface area contributed by atoms with E-state index in [1.807, 2.05) is 0 Å². The summed E-state index contributed by atoms with van der Waals surface area (Å²) in [6, 6.07) is 18.9. The maximum Gasteiger partial charge on any atom is 4.00 e. The van der Waals surface area contributed by atoms with Gasteiger partial charge in [0, 0.05) is 0 Å². The largest absolute Gasteiger partial charge is 4.00 e. The maximum absolute atomic E-state index is 2.47. The first-order valence-corrected chi connectivity index (χ1v) is 11.1. The predicted octanol–water partition coefficient (Wildman–Crippen LogP) is 0.513. The van der Waals surface area contributed by atoms with Gasteiger partial charge in [0.2, 0.25) is 0 Å². The summed E-state index contributed by atoms with van der Waals surface area (Å²) in [5.74, 6) is 0. The van der Waals surface area contributed by atoms with E-state index in [0.717, 1.165) is 0 Å². The molecule has 0 aliphatic carbocycles. The Morgan fingerprint density at radius 1 is 0.690 bits per heavy atom. The molecule has 29 heavy (non-hydrogen) atoms. The van der Waals surface area contributed by atoms with Crippen molar-refractivity contribution in [2.24, 2.45) is 0 Å². The third-order valence-electron chi connectivity index (χ3n) is 5.69. The van der Waals surface area contributed by atoms with E-state index >= 15 is 0 Å². The van der Waals surface area contributed by atoms with E-state index in [2.05, 4.69) is 83.1 Å². The van der Waals surface area contributed by atoms with Crippen LogP contribution in [0.1, 0.15) is 35.6 Å². The van der Waals surface area contributed by atoms with Gasteiger partial charge in [0.15, 0.2) is 0 Å². The number of rotatable bonds is 4. The van der Waals surface area contributed by atoms with Gasteiger partial charge in [-0.05, 0) is 20.0 Å². The fourth-order valence-electron chi connectivity index (χ4n) is 4.09. The van der Waals surface area contributed by atoms with E-state index in [4.69, 9.17) is 0 Å². The number of benzene rings is 2. The molecule has 0 fully saturated rings. The van der Waals surface area contributed by atoms with Crippen LogP contribution in [-0.4, -0.2) is 6.16 Å². The molecule has 0 amide bonds. The molecule has 150 valence electrons. The Balaban J connectivity index is 0.00000140. The molecule has 4 heteroatoms. The zero-order valence-corrected chi connectivity index (χ0v) is 20.2. The van der Waals surface area contributed by atoms with Crippen molar-refractivity contribution in [3.8, 4) is 0 Å². The molecule has 0 aliphatic rings. The molecule has 4 aromatic carbocycles. The second kappa shape index (κ2) is 10.1. The molecule has 4 rings (SSSR count). The predicted molar refractivity (Wildman–Crippen MR) is 119 cm³/mol. The Morgan fingerprint density at radius 2 is 1.07 bits per heavy atom. The molecule has 0 nitrogen and oxygen atoms in total. The minimum absolute atomic E-state index is 0. The van der Waals surface area contributed by atoms with Gasteiger partial charge < -0.3 is 9.41 Å². The van der Waals surface area contributed by atoms with E-state index in [-0.39, 0.29) is 39.0 Å². The van der Waals surface area contributed by atoms with Crippen LogP contribution in [0.25, 0.3) is 21.5 Å². The number of fused-ring (bicyclic) bond motifs is 2. The van der Waals surface area contributed by atoms with Crippen LogP contribution < -0.4 is 20.0 Å². The molecule has 0 heterocycles. The summed E-state index contributed by atoms with van der Waals surface area (Å²) in [4.78, 5) is 0. The van der Waals surface area contributed by atoms with Crippen molar-refractivity contribution in [1.29, 1.82) is 0 Å². The monoisotopic (exact) mass is 444 g/mol. The SMILES string of the molecule is CCCP(c1cc2c(C)ccc(C)c2[cH-]1)c1cc2c(C)ccc(C)c2[cH-]1.[F-].[F-].[Ti+4]. The van der Waals surface area contributed by atoms with Crippen LogP contribution in [0, 0.1) is 27.7 Å². The first-order chi connectivity index (χ1) is 12.5. The van der Waals surface area contributed by atoms with Crippen LogP contribution >= 0.6 is 7.92 Å². The third-order valence-corrected chi connectivity index (χ3v) is 8.34. The van der Waals surface area contributed by atoms with E-state index < -0.39 is 0 Å². The molecule has 0 N–H and O–H groups in total. The number of halogens is 2. The van der Waals surface area contributed by atoms with E-state index in [1.165, 1.54) is 56.4 Å². The van der Waals surface area contributed by atoms with Gasteiger partial charge in [-0.3, -0.25) is 0 Å². The Morgan fingerprint density at radius 3 is 1.41 bits per heavy atom. The summed E-state index contributed by atoms with van der Waals surface area (Å²) in [6.07, 6.45) is 2.49. The Hall–Kier alpha value is -1.34. The molecule has 0 radical (unpaired) electrons. The van der Waals surface area contributed by atoms with Crippen LogP contribution in [0.2, 0.25) is 0 Å². The summed E-state index contributed by atoms with van der Waals surface area (Å²) in [7, 11) is -0.294. The van der Waals surface area contributed by atoms with Gasteiger partial charge in [-0.15, -0.1) is 67.5 Å². The molecule has 0 bridgehead atoms. The van der Waals surface area contributed by atoms with Gasteiger partial charge in [-0.1, -0.05) is 58.4 Å². The van der Waals surface area contributed by atoms with Gasteiger partial charge in [-0.2, -0.15) is 12.1 Å². The minimum atomic E-state index is -0.294. The normalized spacial score (nSPS) is 10.7. The van der Waals surface area contributed by atoms with Crippen molar-refractivity contribution in [1.82, 2.24) is 0 Å². The zero-order valence-electron chi connectivity index (χ0n) is 17.7. The van der Waals surface area contributed by atoms with Gasteiger partial charge in [-0.25, -0.2) is 0 Å². The second-order valence-electron chi connectivity index (χ2n) is 7.63. The Kier molecular flexibility index (Phi) is 8.97. The van der Waals surface area contributed by atoms with Crippen LogP contribution in [0.3, 0.4) is 0 Å². The van der Waals surface area contributed by atoms with Crippen LogP contribution in [-0.2, 0) is 21.7 Å². The van der Waals surface area contributed by atoms with Crippen molar-refractivity contribution in [3.05, 3.63) is 70.8 Å². The molecular formula is C25H27F2PTi. The molecule has 0 aliphatic heterocycles. The van der Waals surface area contributed by atoms with Gasteiger partial charge in [0.25, 0.3) is 0 Å². The molecule has 0 saturated carbocycles. The molecule has 0 unspecified atom stereocenters. The number of aryl methyl sites for hydroxylation is 4. The Bertz CT molecular complexity index is 943. The van der Waals surface area contributed by atoms with Crippen molar-refractivity contribution in [3.63, 3.8) is 0 Å². The van der Waals surface area contributed by atoms with Gasteiger partial charge in [0.05, 0.1) is 0 Å². The van der Waals surface area contributed by atoms with Crippen LogP contribution in [0.5, 0.6) is 0 Å². The summed E-state index contributed by atoms with van der Waals surface area (Å²) < 4.78 is 0. The first kappa shape index (κ1) is 25.7. The summed E-state index contributed by atoms with van der Waals surface area (Å²) >= 11 is 0. The second-order valence-corrected chi connectivity index (χ2v) is 9.97. The summed E-state index contributed by atoms with van der Waals surface area (Å²) in [5, 5.41) is 8.83. The van der Waals surface area contributed by atoms with Crippen molar-refractivity contribution in [2.75, 3.05) is 6.16 Å². The van der Waals surface area contributed by atoms with Crippen molar-refractivity contribution < 1.29 is 31.1 Å². The average molecular weight is 444 g/mol. The fourth-order valence-corrected chi connectivity index (χ4v) is 6.49. The topological polar surface area (TPSA) is 0 Å². The molecule has 0 spiro atoms. The molecule has 4 aromatic rings. The zero-order chi connectivity index (χ0) is 18.4. The van der Waals surface area contributed by atoms with Crippen LogP contribution in [0.15, 0.2) is 48.5 Å². The van der Waals surface area contributed by atoms with Gasteiger partial charge >= 0.3 is 21.7 Å². The van der Waals surface area contributed by atoms with E-state index in [0.29, 0.717) is 0 Å². The van der Waals surface area contributed by atoms with Crippen molar-refractivity contribution >= 4 is 40.1 Å². The Labute approximate surface area is 188 Å². The summed E-state index contributed by atoms with van der Waals surface area (Å²) in [6.45, 7) is 11.2. The van der Waals surface area contributed by atoms with Crippen LogP contribution in [0.4, 0.5) is 0 Å². The standard InChI is InChI=1S/C25H27P.2FH.Ti/c1-6-11-26(20-12-22-16(2)7-8-17(3)23(22)13-20)21-14-24-18(4)9-10-19(5)25(24)15-21;;;/h7-10,12-15H,6,11H2,1-5H3;2*1H;/q-2;;;+4/p-2. The smallest absolute Gasteiger partial charge is 1.00 e. The average Bonchev–Trinajstić information content (AvgIpc) is 3.25. The first-order valence-electron chi connectivity index (χ1n) is 9.60. The molecular weight excluding hydrogens is 417 g/mol. The van der Waals surface area contributed by atoms with Gasteiger partial charge in [0.1, 0.15) is 0 Å². The van der Waals surface area contributed by atoms with Crippen molar-refractivity contribution in [2.45, 2.75) is 41.0 Å². The molecule has 0 atom stereocenters. The summed E-state index contributed by atoms with van der Waals surface area (Å²) in [5.41, 5.74) is 5.57. The molecule has 0 aromatic heterocycles. The van der Waals surface area contributed by atoms with E-state index in [9.17, 15) is 0 Å². The fraction of sp³-hybridized carbons (Fsp3) is 0.280. The number of hydrogen-bond donors (Lipinski definition) is 0. The molecule has 0 saturated heterocycles.